The highest BCUT2D eigenvalue weighted by Crippen LogP contribution is 2.45. The molecule has 2 aliphatic rings. The van der Waals surface area contributed by atoms with Crippen molar-refractivity contribution in [3.05, 3.63) is 214 Å². The van der Waals surface area contributed by atoms with Crippen molar-refractivity contribution in [2.24, 2.45) is 0 Å². The van der Waals surface area contributed by atoms with Crippen LogP contribution in [0, 0.1) is 27.7 Å². The highest BCUT2D eigenvalue weighted by atomic mass is 32.1. The van der Waals surface area contributed by atoms with Crippen molar-refractivity contribution in [3.63, 3.8) is 0 Å². The van der Waals surface area contributed by atoms with E-state index in [1.165, 1.54) is 89.5 Å². The molecule has 0 atom stereocenters. The number of fused-ring (bicyclic) bond motifs is 6. The van der Waals surface area contributed by atoms with E-state index in [2.05, 4.69) is 207 Å². The maximum atomic E-state index is 5.12. The van der Waals surface area contributed by atoms with Gasteiger partial charge in [0.2, 0.25) is 0 Å². The number of aryl methyl sites for hydroxylation is 8. The van der Waals surface area contributed by atoms with Crippen LogP contribution in [0.1, 0.15) is 44.5 Å². The smallest absolute Gasteiger partial charge is 0.192 e. The van der Waals surface area contributed by atoms with Crippen molar-refractivity contribution in [2.45, 2.75) is 53.4 Å². The van der Waals surface area contributed by atoms with Gasteiger partial charge in [0, 0.05) is 45.3 Å². The second-order valence-corrected chi connectivity index (χ2v) is 20.7. The second-order valence-electron chi connectivity index (χ2n) is 18.8. The Morgan fingerprint density at radius 1 is 0.343 bits per heavy atom. The number of hydrogen-bond acceptors (Lipinski definition) is 8. The first-order chi connectivity index (χ1) is 34.3. The Morgan fingerprint density at radius 3 is 0.986 bits per heavy atom. The van der Waals surface area contributed by atoms with E-state index in [0.29, 0.717) is 11.3 Å². The third-order valence-corrected chi connectivity index (χ3v) is 16.2. The lowest BCUT2D eigenvalue weighted by atomic mass is 9.95. The van der Waals surface area contributed by atoms with Gasteiger partial charge in [-0.05, 0) is 169 Å². The van der Waals surface area contributed by atoms with Crippen molar-refractivity contribution in [1.82, 2.24) is 19.9 Å². The minimum Gasteiger partial charge on any atom is -0.310 e. The summed E-state index contributed by atoms with van der Waals surface area (Å²) < 4.78 is 0. The molecule has 0 unspecified atom stereocenters. The largest absolute Gasteiger partial charge is 0.310 e. The van der Waals surface area contributed by atoms with Crippen LogP contribution in [-0.2, 0) is 25.7 Å². The van der Waals surface area contributed by atoms with Gasteiger partial charge in [-0.15, -0.1) is 0 Å². The number of hydrogen-bond donors (Lipinski definition) is 0. The van der Waals surface area contributed by atoms with Gasteiger partial charge in [-0.25, -0.2) is 19.9 Å². The van der Waals surface area contributed by atoms with Gasteiger partial charge in [0.05, 0.1) is 0 Å². The summed E-state index contributed by atoms with van der Waals surface area (Å²) in [6.07, 6.45) is 4.12. The van der Waals surface area contributed by atoms with E-state index in [9.17, 15) is 0 Å². The molecule has 0 radical (unpaired) electrons. The molecule has 338 valence electrons. The van der Waals surface area contributed by atoms with E-state index < -0.39 is 0 Å². The first-order valence-corrected chi connectivity index (χ1v) is 25.8. The molecule has 3 aromatic heterocycles. The summed E-state index contributed by atoms with van der Waals surface area (Å²) in [5.41, 5.74) is 25.8. The van der Waals surface area contributed by atoms with Gasteiger partial charge in [0.25, 0.3) is 0 Å². The highest BCUT2D eigenvalue weighted by Gasteiger charge is 2.25. The number of thiazole rings is 2. The van der Waals surface area contributed by atoms with Crippen molar-refractivity contribution >= 4 is 77.8 Å². The molecule has 70 heavy (non-hydrogen) atoms. The molecular formula is C62H48N6S2. The Kier molecular flexibility index (Phi) is 10.3. The molecule has 8 aromatic carbocycles. The number of para-hydroxylation sites is 4. The number of benzene rings is 8. The lowest BCUT2D eigenvalue weighted by molar-refractivity contribution is 0.977. The van der Waals surface area contributed by atoms with Crippen molar-refractivity contribution < 1.29 is 0 Å². The SMILES string of the molecule is Cc1cc(-c2ccc(N3c4ccccc4CCc4ccccc43)cc2)cc(C)c1-c1nc2nc3nc(-c4c(C)cc(-c5ccc(N6c7ccccc7CCc7ccccc76)cc5)cc4C)sc3nc2s1. The fourth-order valence-electron chi connectivity index (χ4n) is 11.0. The molecule has 0 spiro atoms. The standard InChI is InChI=1S/C62H48N6S2/c1-37-33-47(41-25-29-49(30-26-41)67-51-17-9-5-13-43(51)21-22-44-14-6-10-18-52(44)67)34-38(2)55(37)59-64-57-61(69-59)66-62-58(63-57)65-60(70-62)56-39(3)35-48(36-40(56)4)42-27-31-50(32-28-42)68-53-19-11-7-15-45(53)23-24-46-16-8-12-20-54(46)68/h5-20,25-36H,21-24H2,1-4H3. The Hall–Kier alpha value is -7.78. The van der Waals surface area contributed by atoms with Gasteiger partial charge in [-0.1, -0.05) is 144 Å². The first-order valence-electron chi connectivity index (χ1n) is 24.1. The summed E-state index contributed by atoms with van der Waals surface area (Å²) >= 11 is 3.21. The molecule has 0 saturated carbocycles. The van der Waals surface area contributed by atoms with Crippen LogP contribution in [0.2, 0.25) is 0 Å². The predicted octanol–water partition coefficient (Wildman–Crippen LogP) is 16.7. The monoisotopic (exact) mass is 940 g/mol. The maximum absolute atomic E-state index is 5.12. The summed E-state index contributed by atoms with van der Waals surface area (Å²) in [6, 6.07) is 62.4. The quantitative estimate of drug-likeness (QED) is 0.166. The van der Waals surface area contributed by atoms with E-state index >= 15 is 0 Å². The van der Waals surface area contributed by atoms with Gasteiger partial charge < -0.3 is 9.80 Å². The van der Waals surface area contributed by atoms with E-state index in [-0.39, 0.29) is 0 Å². The zero-order valence-corrected chi connectivity index (χ0v) is 41.1. The van der Waals surface area contributed by atoms with Gasteiger partial charge in [0.15, 0.2) is 21.0 Å². The van der Waals surface area contributed by atoms with Gasteiger partial charge in [-0.2, -0.15) is 0 Å². The Labute approximate surface area is 416 Å². The number of rotatable bonds is 6. The number of aromatic nitrogens is 4. The number of anilines is 6. The average molecular weight is 941 g/mol. The fraction of sp³-hybridized carbons (Fsp3) is 0.129. The molecule has 8 heteroatoms. The Morgan fingerprint density at radius 2 is 0.657 bits per heavy atom. The summed E-state index contributed by atoms with van der Waals surface area (Å²) in [7, 11) is 0. The van der Waals surface area contributed by atoms with Crippen LogP contribution in [0.5, 0.6) is 0 Å². The normalized spacial score (nSPS) is 13.1. The van der Waals surface area contributed by atoms with Crippen LogP contribution in [0.3, 0.4) is 0 Å². The predicted molar refractivity (Wildman–Crippen MR) is 293 cm³/mol. The molecule has 13 rings (SSSR count). The van der Waals surface area contributed by atoms with E-state index in [0.717, 1.165) is 67.9 Å². The minimum absolute atomic E-state index is 0.638. The second kappa shape index (κ2) is 17.0. The summed E-state index contributed by atoms with van der Waals surface area (Å²) in [6.45, 7) is 8.74. The molecule has 2 aliphatic heterocycles. The van der Waals surface area contributed by atoms with Crippen molar-refractivity contribution in [2.75, 3.05) is 9.80 Å². The summed E-state index contributed by atoms with van der Waals surface area (Å²) in [5.74, 6) is 0. The van der Waals surface area contributed by atoms with Gasteiger partial charge in [0.1, 0.15) is 10.0 Å². The molecule has 6 nitrogen and oxygen atoms in total. The van der Waals surface area contributed by atoms with E-state index in [1.54, 1.807) is 22.7 Å². The van der Waals surface area contributed by atoms with Crippen LogP contribution in [0.4, 0.5) is 34.1 Å². The third-order valence-electron chi connectivity index (χ3n) is 14.3. The molecule has 5 heterocycles. The number of nitrogens with zero attached hydrogens (tertiary/aromatic N) is 6. The third kappa shape index (κ3) is 7.29. The molecule has 0 fully saturated rings. The van der Waals surface area contributed by atoms with Crippen molar-refractivity contribution in [1.29, 1.82) is 0 Å². The molecule has 0 aliphatic carbocycles. The maximum Gasteiger partial charge on any atom is 0.192 e. The van der Waals surface area contributed by atoms with Crippen LogP contribution in [-0.4, -0.2) is 19.9 Å². The topological polar surface area (TPSA) is 58.0 Å². The first kappa shape index (κ1) is 42.3. The highest BCUT2D eigenvalue weighted by molar-refractivity contribution is 7.23. The van der Waals surface area contributed by atoms with Crippen molar-refractivity contribution in [3.8, 4) is 43.4 Å². The summed E-state index contributed by atoms with van der Waals surface area (Å²) in [4.78, 5) is 26.8. The molecular weight excluding hydrogens is 893 g/mol. The fourth-order valence-corrected chi connectivity index (χ4v) is 13.1. The molecule has 0 N–H and O–H groups in total. The Balaban J connectivity index is 0.761. The molecule has 0 saturated heterocycles. The molecule has 0 amide bonds. The summed E-state index contributed by atoms with van der Waals surface area (Å²) in [5, 5.41) is 1.86. The minimum atomic E-state index is 0.638. The Bertz CT molecular complexity index is 3410. The zero-order chi connectivity index (χ0) is 47.0. The van der Waals surface area contributed by atoms with Gasteiger partial charge >= 0.3 is 0 Å². The lowest BCUT2D eigenvalue weighted by Crippen LogP contribution is -2.11. The van der Waals surface area contributed by atoms with E-state index in [1.807, 2.05) is 0 Å². The van der Waals surface area contributed by atoms with Crippen LogP contribution in [0.25, 0.3) is 64.4 Å². The molecule has 11 aromatic rings. The van der Waals surface area contributed by atoms with Crippen LogP contribution < -0.4 is 9.80 Å². The van der Waals surface area contributed by atoms with Crippen LogP contribution in [0.15, 0.2) is 170 Å². The van der Waals surface area contributed by atoms with E-state index in [4.69, 9.17) is 19.9 Å². The molecule has 0 bridgehead atoms. The zero-order valence-electron chi connectivity index (χ0n) is 39.5. The lowest BCUT2D eigenvalue weighted by Gasteiger charge is -2.27. The average Bonchev–Trinajstić information content (AvgIpc) is 3.87. The van der Waals surface area contributed by atoms with Crippen LogP contribution >= 0.6 is 22.7 Å². The van der Waals surface area contributed by atoms with Gasteiger partial charge in [-0.3, -0.25) is 0 Å².